The first-order valence-corrected chi connectivity index (χ1v) is 8.11. The standard InChI is InChI=1S/C20H20N2O2/c1-2-7-17(23)22-18(14-8-4-3-5-9-14)16-12-11-15-10-6-13-21-19(15)20(16)24/h3-6,8-13,18,24H,2,7H2,1H3,(H,22,23)/t18-/m1/s1. The molecule has 3 aromatic rings. The molecule has 1 amide bonds. The van der Waals surface area contributed by atoms with Crippen molar-refractivity contribution in [3.8, 4) is 5.75 Å². The molecule has 0 aliphatic rings. The molecule has 1 heterocycles. The maximum atomic E-state index is 12.2. The number of phenols is 1. The van der Waals surface area contributed by atoms with Crippen LogP contribution < -0.4 is 5.32 Å². The Morgan fingerprint density at radius 3 is 2.67 bits per heavy atom. The van der Waals surface area contributed by atoms with Crippen LogP contribution in [0.15, 0.2) is 60.8 Å². The van der Waals surface area contributed by atoms with Crippen molar-refractivity contribution in [3.63, 3.8) is 0 Å². The number of nitrogens with one attached hydrogen (secondary N) is 1. The number of aromatic hydroxyl groups is 1. The van der Waals surface area contributed by atoms with Crippen molar-refractivity contribution < 1.29 is 9.90 Å². The number of nitrogens with zero attached hydrogens (tertiary/aromatic N) is 1. The number of pyridine rings is 1. The van der Waals surface area contributed by atoms with Gasteiger partial charge in [0, 0.05) is 23.6 Å². The number of hydrogen-bond donors (Lipinski definition) is 2. The number of benzene rings is 2. The Hall–Kier alpha value is -2.88. The Labute approximate surface area is 141 Å². The second-order valence-electron chi connectivity index (χ2n) is 5.74. The molecule has 0 unspecified atom stereocenters. The molecule has 2 N–H and O–H groups in total. The zero-order chi connectivity index (χ0) is 16.9. The van der Waals surface area contributed by atoms with Crippen LogP contribution in [0.4, 0.5) is 0 Å². The molecular formula is C20H20N2O2. The van der Waals surface area contributed by atoms with Gasteiger partial charge in [0.25, 0.3) is 0 Å². The van der Waals surface area contributed by atoms with E-state index in [1.165, 1.54) is 0 Å². The lowest BCUT2D eigenvalue weighted by Crippen LogP contribution is -2.29. The molecule has 3 rings (SSSR count). The lowest BCUT2D eigenvalue weighted by molar-refractivity contribution is -0.121. The average molecular weight is 320 g/mol. The van der Waals surface area contributed by atoms with Gasteiger partial charge >= 0.3 is 0 Å². The van der Waals surface area contributed by atoms with Gasteiger partial charge in [-0.2, -0.15) is 0 Å². The number of hydrogen-bond acceptors (Lipinski definition) is 3. The summed E-state index contributed by atoms with van der Waals surface area (Å²) in [6.07, 6.45) is 2.88. The number of phenolic OH excluding ortho intramolecular Hbond substituents is 1. The van der Waals surface area contributed by atoms with E-state index in [0.29, 0.717) is 17.5 Å². The number of amides is 1. The molecule has 0 radical (unpaired) electrons. The highest BCUT2D eigenvalue weighted by Gasteiger charge is 2.21. The molecule has 0 aliphatic heterocycles. The van der Waals surface area contributed by atoms with Gasteiger partial charge in [-0.3, -0.25) is 9.78 Å². The van der Waals surface area contributed by atoms with E-state index in [9.17, 15) is 9.90 Å². The first kappa shape index (κ1) is 16.0. The van der Waals surface area contributed by atoms with Crippen LogP contribution >= 0.6 is 0 Å². The fraction of sp³-hybridized carbons (Fsp3) is 0.200. The van der Waals surface area contributed by atoms with E-state index >= 15 is 0 Å². The number of fused-ring (bicyclic) bond motifs is 1. The summed E-state index contributed by atoms with van der Waals surface area (Å²) >= 11 is 0. The number of carbonyl (C=O) groups is 1. The maximum Gasteiger partial charge on any atom is 0.220 e. The molecule has 122 valence electrons. The molecule has 0 fully saturated rings. The van der Waals surface area contributed by atoms with Crippen molar-refractivity contribution in [1.82, 2.24) is 10.3 Å². The van der Waals surface area contributed by atoms with E-state index < -0.39 is 6.04 Å². The predicted octanol–water partition coefficient (Wildman–Crippen LogP) is 3.95. The van der Waals surface area contributed by atoms with E-state index in [1.807, 2.05) is 61.5 Å². The van der Waals surface area contributed by atoms with Gasteiger partial charge in [0.2, 0.25) is 5.91 Å². The van der Waals surface area contributed by atoms with Crippen LogP contribution in [0.25, 0.3) is 10.9 Å². The molecule has 4 nitrogen and oxygen atoms in total. The van der Waals surface area contributed by atoms with Crippen molar-refractivity contribution in [2.24, 2.45) is 0 Å². The zero-order valence-corrected chi connectivity index (χ0v) is 13.6. The molecular weight excluding hydrogens is 300 g/mol. The Kier molecular flexibility index (Phi) is 4.75. The SMILES string of the molecule is CCCC(=O)N[C@H](c1ccccc1)c1ccc2cccnc2c1O. The lowest BCUT2D eigenvalue weighted by Gasteiger charge is -2.21. The second kappa shape index (κ2) is 7.13. The Morgan fingerprint density at radius 2 is 1.92 bits per heavy atom. The summed E-state index contributed by atoms with van der Waals surface area (Å²) in [6.45, 7) is 1.97. The van der Waals surface area contributed by atoms with E-state index in [2.05, 4.69) is 10.3 Å². The predicted molar refractivity (Wildman–Crippen MR) is 94.7 cm³/mol. The molecule has 24 heavy (non-hydrogen) atoms. The van der Waals surface area contributed by atoms with Crippen LogP contribution in [0.2, 0.25) is 0 Å². The van der Waals surface area contributed by atoms with Crippen LogP contribution in [-0.4, -0.2) is 16.0 Å². The molecule has 0 saturated heterocycles. The van der Waals surface area contributed by atoms with Crippen LogP contribution in [0.3, 0.4) is 0 Å². The maximum absolute atomic E-state index is 12.2. The van der Waals surface area contributed by atoms with Gasteiger partial charge in [0.15, 0.2) is 0 Å². The van der Waals surface area contributed by atoms with Gasteiger partial charge in [-0.15, -0.1) is 0 Å². The minimum atomic E-state index is -0.406. The minimum Gasteiger partial charge on any atom is -0.505 e. The second-order valence-corrected chi connectivity index (χ2v) is 5.74. The fourth-order valence-corrected chi connectivity index (χ4v) is 2.82. The molecule has 0 bridgehead atoms. The van der Waals surface area contributed by atoms with Crippen molar-refractivity contribution >= 4 is 16.8 Å². The Balaban J connectivity index is 2.08. The minimum absolute atomic E-state index is 0.0353. The van der Waals surface area contributed by atoms with E-state index in [4.69, 9.17) is 0 Å². The third-order valence-corrected chi connectivity index (χ3v) is 4.01. The topological polar surface area (TPSA) is 62.2 Å². The quantitative estimate of drug-likeness (QED) is 0.748. The monoisotopic (exact) mass is 320 g/mol. The molecule has 1 atom stereocenters. The fourth-order valence-electron chi connectivity index (χ4n) is 2.82. The summed E-state index contributed by atoms with van der Waals surface area (Å²) in [5.41, 5.74) is 2.12. The molecule has 0 saturated carbocycles. The van der Waals surface area contributed by atoms with Gasteiger partial charge in [-0.05, 0) is 18.1 Å². The molecule has 1 aromatic heterocycles. The summed E-state index contributed by atoms with van der Waals surface area (Å²) in [4.78, 5) is 16.4. The van der Waals surface area contributed by atoms with E-state index in [-0.39, 0.29) is 11.7 Å². The normalized spacial score (nSPS) is 12.0. The zero-order valence-electron chi connectivity index (χ0n) is 13.6. The summed E-state index contributed by atoms with van der Waals surface area (Å²) in [5.74, 6) is 0.0747. The summed E-state index contributed by atoms with van der Waals surface area (Å²) in [5, 5.41) is 14.6. The van der Waals surface area contributed by atoms with Gasteiger partial charge in [0.1, 0.15) is 11.3 Å². The number of carbonyl (C=O) groups excluding carboxylic acids is 1. The Bertz CT molecular complexity index is 847. The van der Waals surface area contributed by atoms with Gasteiger partial charge in [-0.1, -0.05) is 55.5 Å². The smallest absolute Gasteiger partial charge is 0.220 e. The van der Waals surface area contributed by atoms with Crippen molar-refractivity contribution in [1.29, 1.82) is 0 Å². The first-order chi connectivity index (χ1) is 11.7. The number of rotatable bonds is 5. The molecule has 2 aromatic carbocycles. The summed E-state index contributed by atoms with van der Waals surface area (Å²) in [6, 6.07) is 16.8. The molecule has 4 heteroatoms. The number of aromatic nitrogens is 1. The Morgan fingerprint density at radius 1 is 1.12 bits per heavy atom. The van der Waals surface area contributed by atoms with E-state index in [1.54, 1.807) is 6.20 Å². The van der Waals surface area contributed by atoms with Gasteiger partial charge in [0.05, 0.1) is 6.04 Å². The van der Waals surface area contributed by atoms with Crippen molar-refractivity contribution in [2.75, 3.05) is 0 Å². The van der Waals surface area contributed by atoms with Gasteiger partial charge < -0.3 is 10.4 Å². The molecule has 0 spiro atoms. The average Bonchev–Trinajstić information content (AvgIpc) is 2.62. The van der Waals surface area contributed by atoms with E-state index in [0.717, 1.165) is 17.4 Å². The third-order valence-electron chi connectivity index (χ3n) is 4.01. The van der Waals surface area contributed by atoms with Crippen molar-refractivity contribution in [3.05, 3.63) is 71.9 Å². The highest BCUT2D eigenvalue weighted by molar-refractivity contribution is 5.86. The molecule has 0 aliphatic carbocycles. The van der Waals surface area contributed by atoms with Crippen LogP contribution in [0.5, 0.6) is 5.75 Å². The van der Waals surface area contributed by atoms with Crippen molar-refractivity contribution in [2.45, 2.75) is 25.8 Å². The highest BCUT2D eigenvalue weighted by Crippen LogP contribution is 2.34. The van der Waals surface area contributed by atoms with Gasteiger partial charge in [-0.25, -0.2) is 0 Å². The lowest BCUT2D eigenvalue weighted by atomic mass is 9.96. The summed E-state index contributed by atoms with van der Waals surface area (Å²) in [7, 11) is 0. The van der Waals surface area contributed by atoms with Crippen LogP contribution in [-0.2, 0) is 4.79 Å². The van der Waals surface area contributed by atoms with Crippen LogP contribution in [0.1, 0.15) is 36.9 Å². The highest BCUT2D eigenvalue weighted by atomic mass is 16.3. The first-order valence-electron chi connectivity index (χ1n) is 8.11. The summed E-state index contributed by atoms with van der Waals surface area (Å²) < 4.78 is 0. The third kappa shape index (κ3) is 3.23. The largest absolute Gasteiger partial charge is 0.505 e. The van der Waals surface area contributed by atoms with Crippen LogP contribution in [0, 0.1) is 0 Å².